The molecule has 1 saturated heterocycles. The lowest BCUT2D eigenvalue weighted by atomic mass is 10.0. The monoisotopic (exact) mass is 257 g/mol. The number of ether oxygens (including phenoxy) is 1. The minimum atomic E-state index is -0.216. The Kier molecular flexibility index (Phi) is 3.58. The first-order valence-electron chi connectivity index (χ1n) is 6.49. The summed E-state index contributed by atoms with van der Waals surface area (Å²) in [5.74, 6) is -0.216. The van der Waals surface area contributed by atoms with E-state index in [4.69, 9.17) is 4.74 Å². The highest BCUT2D eigenvalue weighted by molar-refractivity contribution is 5.22. The van der Waals surface area contributed by atoms with E-state index >= 15 is 0 Å². The van der Waals surface area contributed by atoms with E-state index in [2.05, 4.69) is 17.4 Å². The van der Waals surface area contributed by atoms with Gasteiger partial charge in [0.05, 0.1) is 12.2 Å². The summed E-state index contributed by atoms with van der Waals surface area (Å²) in [6, 6.07) is 16.7. The van der Waals surface area contributed by atoms with Gasteiger partial charge in [-0.1, -0.05) is 42.5 Å². The van der Waals surface area contributed by atoms with Crippen LogP contribution in [0.2, 0.25) is 0 Å². The van der Waals surface area contributed by atoms with Crippen LogP contribution in [0.5, 0.6) is 0 Å². The molecule has 0 unspecified atom stereocenters. The number of hydrogen-bond donors (Lipinski definition) is 1. The second-order valence-electron chi connectivity index (χ2n) is 4.73. The Morgan fingerprint density at radius 3 is 2.05 bits per heavy atom. The van der Waals surface area contributed by atoms with Gasteiger partial charge < -0.3 is 10.1 Å². The first-order valence-corrected chi connectivity index (χ1v) is 6.49. The lowest BCUT2D eigenvalue weighted by molar-refractivity contribution is -0.0406. The largest absolute Gasteiger partial charge is 0.363 e. The molecule has 98 valence electrons. The molecule has 1 aliphatic heterocycles. The normalized spacial score (nSPS) is 23.2. The van der Waals surface area contributed by atoms with Gasteiger partial charge in [0.1, 0.15) is 5.82 Å². The molecular formula is C16H16FNO. The van der Waals surface area contributed by atoms with Gasteiger partial charge in [-0.25, -0.2) is 4.39 Å². The van der Waals surface area contributed by atoms with Gasteiger partial charge in [0.15, 0.2) is 0 Å². The van der Waals surface area contributed by atoms with Crippen molar-refractivity contribution < 1.29 is 9.13 Å². The zero-order valence-electron chi connectivity index (χ0n) is 10.6. The molecule has 2 aromatic carbocycles. The van der Waals surface area contributed by atoms with E-state index in [0.717, 1.165) is 18.7 Å². The average Bonchev–Trinajstić information content (AvgIpc) is 2.49. The van der Waals surface area contributed by atoms with Crippen molar-refractivity contribution in [3.05, 3.63) is 71.5 Å². The Morgan fingerprint density at radius 1 is 0.842 bits per heavy atom. The fraction of sp³-hybridized carbons (Fsp3) is 0.250. The lowest BCUT2D eigenvalue weighted by Crippen LogP contribution is -2.35. The molecule has 0 saturated carbocycles. The van der Waals surface area contributed by atoms with E-state index < -0.39 is 0 Å². The second-order valence-corrected chi connectivity index (χ2v) is 4.73. The quantitative estimate of drug-likeness (QED) is 0.892. The number of morpholine rings is 1. The predicted molar refractivity (Wildman–Crippen MR) is 72.3 cm³/mol. The van der Waals surface area contributed by atoms with Crippen LogP contribution in [0.1, 0.15) is 23.3 Å². The van der Waals surface area contributed by atoms with Crippen LogP contribution < -0.4 is 5.32 Å². The van der Waals surface area contributed by atoms with Crippen LogP contribution in [0.3, 0.4) is 0 Å². The van der Waals surface area contributed by atoms with Crippen molar-refractivity contribution in [2.75, 3.05) is 13.1 Å². The van der Waals surface area contributed by atoms with E-state index in [1.54, 1.807) is 12.1 Å². The number of hydrogen-bond acceptors (Lipinski definition) is 2. The van der Waals surface area contributed by atoms with Crippen molar-refractivity contribution in [2.45, 2.75) is 12.2 Å². The molecule has 1 fully saturated rings. The highest BCUT2D eigenvalue weighted by Crippen LogP contribution is 2.29. The third-order valence-electron chi connectivity index (χ3n) is 3.40. The van der Waals surface area contributed by atoms with Crippen LogP contribution in [0.25, 0.3) is 0 Å². The first-order chi connectivity index (χ1) is 9.33. The minimum absolute atomic E-state index is 0.0282. The van der Waals surface area contributed by atoms with Gasteiger partial charge in [-0.15, -0.1) is 0 Å². The summed E-state index contributed by atoms with van der Waals surface area (Å²) in [6.45, 7) is 1.57. The third kappa shape index (κ3) is 2.83. The van der Waals surface area contributed by atoms with E-state index in [1.165, 1.54) is 17.7 Å². The summed E-state index contributed by atoms with van der Waals surface area (Å²) in [4.78, 5) is 0. The van der Waals surface area contributed by atoms with Crippen molar-refractivity contribution >= 4 is 0 Å². The van der Waals surface area contributed by atoms with Crippen LogP contribution in [-0.4, -0.2) is 13.1 Å². The lowest BCUT2D eigenvalue weighted by Gasteiger charge is -2.31. The topological polar surface area (TPSA) is 21.3 Å². The van der Waals surface area contributed by atoms with Crippen molar-refractivity contribution in [3.8, 4) is 0 Å². The van der Waals surface area contributed by atoms with E-state index in [-0.39, 0.29) is 18.0 Å². The molecule has 2 atom stereocenters. The molecule has 1 N–H and O–H groups in total. The van der Waals surface area contributed by atoms with Crippen molar-refractivity contribution in [1.29, 1.82) is 0 Å². The number of rotatable bonds is 2. The summed E-state index contributed by atoms with van der Waals surface area (Å²) in [5, 5.41) is 3.38. The first kappa shape index (κ1) is 12.3. The molecule has 1 aliphatic rings. The third-order valence-corrected chi connectivity index (χ3v) is 3.40. The van der Waals surface area contributed by atoms with Crippen molar-refractivity contribution in [3.63, 3.8) is 0 Å². The van der Waals surface area contributed by atoms with Crippen LogP contribution in [0, 0.1) is 5.82 Å². The number of halogens is 1. The Labute approximate surface area is 112 Å². The van der Waals surface area contributed by atoms with Crippen molar-refractivity contribution in [2.24, 2.45) is 0 Å². The highest BCUT2D eigenvalue weighted by atomic mass is 19.1. The average molecular weight is 257 g/mol. The molecule has 0 bridgehead atoms. The maximum absolute atomic E-state index is 12.9. The van der Waals surface area contributed by atoms with Gasteiger partial charge in [-0.2, -0.15) is 0 Å². The molecule has 0 aromatic heterocycles. The standard InChI is InChI=1S/C16H16FNO/c17-14-8-6-13(7-9-14)16-11-18-10-15(19-16)12-4-2-1-3-5-12/h1-9,15-16,18H,10-11H2/t15-,16+/m1/s1. The van der Waals surface area contributed by atoms with Crippen LogP contribution in [0.15, 0.2) is 54.6 Å². The Bertz CT molecular complexity index is 526. The fourth-order valence-electron chi connectivity index (χ4n) is 2.38. The van der Waals surface area contributed by atoms with Gasteiger partial charge in [0, 0.05) is 13.1 Å². The zero-order valence-corrected chi connectivity index (χ0v) is 10.6. The molecule has 0 amide bonds. The molecule has 0 aliphatic carbocycles. The number of benzene rings is 2. The Balaban J connectivity index is 1.76. The summed E-state index contributed by atoms with van der Waals surface area (Å²) < 4.78 is 19.1. The molecule has 3 heteroatoms. The molecule has 2 nitrogen and oxygen atoms in total. The van der Waals surface area contributed by atoms with Crippen LogP contribution in [0.4, 0.5) is 4.39 Å². The molecule has 1 heterocycles. The molecule has 0 spiro atoms. The molecule has 19 heavy (non-hydrogen) atoms. The Morgan fingerprint density at radius 2 is 1.42 bits per heavy atom. The molecule has 0 radical (unpaired) electrons. The number of nitrogens with one attached hydrogen (secondary N) is 1. The van der Waals surface area contributed by atoms with Crippen molar-refractivity contribution in [1.82, 2.24) is 5.32 Å². The maximum Gasteiger partial charge on any atom is 0.123 e. The Hall–Kier alpha value is -1.71. The van der Waals surface area contributed by atoms with Gasteiger partial charge in [0.25, 0.3) is 0 Å². The van der Waals surface area contributed by atoms with E-state index in [0.29, 0.717) is 0 Å². The van der Waals surface area contributed by atoms with Gasteiger partial charge in [-0.05, 0) is 23.3 Å². The van der Waals surface area contributed by atoms with Crippen LogP contribution >= 0.6 is 0 Å². The predicted octanol–water partition coefficient (Wildman–Crippen LogP) is 3.23. The fourth-order valence-corrected chi connectivity index (χ4v) is 2.38. The second kappa shape index (κ2) is 5.51. The van der Waals surface area contributed by atoms with Gasteiger partial charge in [-0.3, -0.25) is 0 Å². The zero-order chi connectivity index (χ0) is 13.1. The molecule has 2 aromatic rings. The smallest absolute Gasteiger partial charge is 0.123 e. The summed E-state index contributed by atoms with van der Waals surface area (Å²) in [6.07, 6.45) is 0.0181. The van der Waals surface area contributed by atoms with E-state index in [9.17, 15) is 4.39 Å². The maximum atomic E-state index is 12.9. The van der Waals surface area contributed by atoms with Crippen LogP contribution in [-0.2, 0) is 4.74 Å². The molecular weight excluding hydrogens is 241 g/mol. The SMILES string of the molecule is Fc1ccc([C@@H]2CNC[C@H](c3ccccc3)O2)cc1. The summed E-state index contributed by atoms with van der Waals surface area (Å²) in [5.41, 5.74) is 2.18. The summed E-state index contributed by atoms with van der Waals surface area (Å²) >= 11 is 0. The highest BCUT2D eigenvalue weighted by Gasteiger charge is 2.24. The van der Waals surface area contributed by atoms with Gasteiger partial charge in [0.2, 0.25) is 0 Å². The summed E-state index contributed by atoms with van der Waals surface area (Å²) in [7, 11) is 0. The minimum Gasteiger partial charge on any atom is -0.363 e. The van der Waals surface area contributed by atoms with Gasteiger partial charge >= 0.3 is 0 Å². The molecule has 3 rings (SSSR count). The van der Waals surface area contributed by atoms with E-state index in [1.807, 2.05) is 18.2 Å².